The lowest BCUT2D eigenvalue weighted by Crippen LogP contribution is -2.03. The maximum Gasteiger partial charge on any atom is 0.267 e. The Hall–Kier alpha value is -2.62. The lowest BCUT2D eigenvalue weighted by Gasteiger charge is -2.12. The molecule has 0 amide bonds. The predicted molar refractivity (Wildman–Crippen MR) is 89.4 cm³/mol. The molecule has 0 saturated carbocycles. The van der Waals surface area contributed by atoms with Gasteiger partial charge in [0.2, 0.25) is 5.82 Å². The van der Waals surface area contributed by atoms with E-state index < -0.39 is 0 Å². The zero-order valence-electron chi connectivity index (χ0n) is 13.8. The maximum atomic E-state index is 5.91. The molecule has 1 unspecified atom stereocenters. The van der Waals surface area contributed by atoms with Crippen LogP contribution in [0.15, 0.2) is 47.0 Å². The van der Waals surface area contributed by atoms with Crippen molar-refractivity contribution in [2.75, 3.05) is 0 Å². The standard InChI is InChI=1S/C19H20N2O2/c1-12-5-8-16(9-6-12)18-20-19(23-21-18)15(4)22-17-10-7-13(2)14(3)11-17/h5-11,15H,1-4H3. The van der Waals surface area contributed by atoms with Crippen LogP contribution in [0.25, 0.3) is 11.4 Å². The quantitative estimate of drug-likeness (QED) is 0.694. The van der Waals surface area contributed by atoms with Crippen LogP contribution in [0.4, 0.5) is 0 Å². The molecule has 0 saturated heterocycles. The molecule has 0 radical (unpaired) electrons. The van der Waals surface area contributed by atoms with Crippen molar-refractivity contribution in [3.63, 3.8) is 0 Å². The molecule has 1 heterocycles. The molecule has 2 aromatic carbocycles. The van der Waals surface area contributed by atoms with Gasteiger partial charge in [-0.1, -0.05) is 41.1 Å². The zero-order chi connectivity index (χ0) is 16.4. The number of hydrogen-bond acceptors (Lipinski definition) is 4. The van der Waals surface area contributed by atoms with Gasteiger partial charge in [-0.25, -0.2) is 0 Å². The van der Waals surface area contributed by atoms with Gasteiger partial charge in [-0.15, -0.1) is 0 Å². The van der Waals surface area contributed by atoms with Crippen LogP contribution in [0.1, 0.15) is 35.6 Å². The minimum atomic E-state index is -0.302. The molecule has 3 aromatic rings. The third-order valence-corrected chi connectivity index (χ3v) is 3.89. The van der Waals surface area contributed by atoms with Crippen LogP contribution in [0.3, 0.4) is 0 Å². The number of benzene rings is 2. The number of rotatable bonds is 4. The van der Waals surface area contributed by atoms with Crippen LogP contribution in [0, 0.1) is 20.8 Å². The van der Waals surface area contributed by atoms with E-state index in [-0.39, 0.29) is 6.10 Å². The second-order valence-corrected chi connectivity index (χ2v) is 5.83. The highest BCUT2D eigenvalue weighted by atomic mass is 16.5. The fourth-order valence-electron chi connectivity index (χ4n) is 2.26. The Morgan fingerprint density at radius 2 is 1.70 bits per heavy atom. The largest absolute Gasteiger partial charge is 0.481 e. The van der Waals surface area contributed by atoms with Gasteiger partial charge in [0, 0.05) is 5.56 Å². The predicted octanol–water partition coefficient (Wildman–Crippen LogP) is 4.80. The van der Waals surface area contributed by atoms with Gasteiger partial charge in [0.25, 0.3) is 5.89 Å². The number of hydrogen-bond donors (Lipinski definition) is 0. The van der Waals surface area contributed by atoms with Crippen LogP contribution in [-0.4, -0.2) is 10.1 Å². The Balaban J connectivity index is 1.76. The van der Waals surface area contributed by atoms with Crippen molar-refractivity contribution < 1.29 is 9.26 Å². The zero-order valence-corrected chi connectivity index (χ0v) is 13.8. The molecule has 4 heteroatoms. The Kier molecular flexibility index (Phi) is 4.15. The van der Waals surface area contributed by atoms with Gasteiger partial charge in [0.15, 0.2) is 6.10 Å². The summed E-state index contributed by atoms with van der Waals surface area (Å²) in [5.74, 6) is 1.85. The maximum absolute atomic E-state index is 5.91. The van der Waals surface area contributed by atoms with Crippen LogP contribution in [-0.2, 0) is 0 Å². The fraction of sp³-hybridized carbons (Fsp3) is 0.263. The topological polar surface area (TPSA) is 48.2 Å². The van der Waals surface area contributed by atoms with Crippen LogP contribution >= 0.6 is 0 Å². The highest BCUT2D eigenvalue weighted by Crippen LogP contribution is 2.24. The van der Waals surface area contributed by atoms with Crippen molar-refractivity contribution in [1.82, 2.24) is 10.1 Å². The first-order chi connectivity index (χ1) is 11.0. The van der Waals surface area contributed by atoms with Crippen LogP contribution in [0.2, 0.25) is 0 Å². The number of nitrogens with zero attached hydrogens (tertiary/aromatic N) is 2. The molecule has 0 aliphatic heterocycles. The molecule has 0 bridgehead atoms. The minimum absolute atomic E-state index is 0.302. The van der Waals surface area contributed by atoms with E-state index in [1.807, 2.05) is 56.3 Å². The second-order valence-electron chi connectivity index (χ2n) is 5.83. The van der Waals surface area contributed by atoms with Gasteiger partial charge in [0.05, 0.1) is 0 Å². The molecule has 0 spiro atoms. The summed E-state index contributed by atoms with van der Waals surface area (Å²) in [6.45, 7) is 8.09. The molecule has 0 aliphatic carbocycles. The summed E-state index contributed by atoms with van der Waals surface area (Å²) >= 11 is 0. The average molecular weight is 308 g/mol. The second kappa shape index (κ2) is 6.24. The molecule has 1 atom stereocenters. The SMILES string of the molecule is Cc1ccc(-c2noc(C(C)Oc3ccc(C)c(C)c3)n2)cc1. The summed E-state index contributed by atoms with van der Waals surface area (Å²) in [5, 5.41) is 4.04. The third-order valence-electron chi connectivity index (χ3n) is 3.89. The molecule has 3 rings (SSSR count). The van der Waals surface area contributed by atoms with E-state index in [0.29, 0.717) is 11.7 Å². The van der Waals surface area contributed by atoms with E-state index in [2.05, 4.69) is 24.0 Å². The summed E-state index contributed by atoms with van der Waals surface area (Å²) in [6, 6.07) is 14.0. The van der Waals surface area contributed by atoms with Crippen molar-refractivity contribution in [2.45, 2.75) is 33.8 Å². The normalized spacial score (nSPS) is 12.2. The Labute approximate surface area is 136 Å². The number of ether oxygens (including phenoxy) is 1. The van der Waals surface area contributed by atoms with Crippen molar-refractivity contribution in [1.29, 1.82) is 0 Å². The van der Waals surface area contributed by atoms with Crippen molar-refractivity contribution in [3.8, 4) is 17.1 Å². The van der Waals surface area contributed by atoms with Crippen molar-refractivity contribution >= 4 is 0 Å². The van der Waals surface area contributed by atoms with Gasteiger partial charge in [-0.3, -0.25) is 0 Å². The van der Waals surface area contributed by atoms with Gasteiger partial charge in [0.1, 0.15) is 5.75 Å². The van der Waals surface area contributed by atoms with Crippen LogP contribution in [0.5, 0.6) is 5.75 Å². The average Bonchev–Trinajstić information content (AvgIpc) is 3.02. The minimum Gasteiger partial charge on any atom is -0.481 e. The van der Waals surface area contributed by atoms with E-state index in [9.17, 15) is 0 Å². The fourth-order valence-corrected chi connectivity index (χ4v) is 2.26. The molecule has 0 aliphatic rings. The van der Waals surface area contributed by atoms with E-state index in [1.165, 1.54) is 16.7 Å². The third kappa shape index (κ3) is 3.42. The lowest BCUT2D eigenvalue weighted by molar-refractivity contribution is 0.175. The highest BCUT2D eigenvalue weighted by molar-refractivity contribution is 5.54. The molecule has 0 N–H and O–H groups in total. The van der Waals surface area contributed by atoms with Crippen LogP contribution < -0.4 is 4.74 Å². The van der Waals surface area contributed by atoms with Gasteiger partial charge in [-0.2, -0.15) is 4.98 Å². The van der Waals surface area contributed by atoms with Crippen molar-refractivity contribution in [3.05, 3.63) is 65.0 Å². The molecule has 118 valence electrons. The molecular formula is C19H20N2O2. The molecule has 0 fully saturated rings. The van der Waals surface area contributed by atoms with E-state index in [1.54, 1.807) is 0 Å². The first-order valence-electron chi connectivity index (χ1n) is 7.67. The molecule has 4 nitrogen and oxygen atoms in total. The Bertz CT molecular complexity index is 806. The number of aryl methyl sites for hydroxylation is 3. The summed E-state index contributed by atoms with van der Waals surface area (Å²) in [7, 11) is 0. The van der Waals surface area contributed by atoms with E-state index >= 15 is 0 Å². The summed E-state index contributed by atoms with van der Waals surface area (Å²) < 4.78 is 11.3. The van der Waals surface area contributed by atoms with E-state index in [4.69, 9.17) is 9.26 Å². The number of aromatic nitrogens is 2. The van der Waals surface area contributed by atoms with Gasteiger partial charge < -0.3 is 9.26 Å². The molecule has 23 heavy (non-hydrogen) atoms. The lowest BCUT2D eigenvalue weighted by atomic mass is 10.1. The van der Waals surface area contributed by atoms with Crippen molar-refractivity contribution in [2.24, 2.45) is 0 Å². The summed E-state index contributed by atoms with van der Waals surface area (Å²) in [4.78, 5) is 4.44. The first-order valence-corrected chi connectivity index (χ1v) is 7.67. The van der Waals surface area contributed by atoms with Gasteiger partial charge in [-0.05, 0) is 51.0 Å². The Morgan fingerprint density at radius 3 is 2.39 bits per heavy atom. The smallest absolute Gasteiger partial charge is 0.267 e. The summed E-state index contributed by atoms with van der Waals surface area (Å²) in [5.41, 5.74) is 4.57. The van der Waals surface area contributed by atoms with Gasteiger partial charge >= 0.3 is 0 Å². The monoisotopic (exact) mass is 308 g/mol. The summed E-state index contributed by atoms with van der Waals surface area (Å²) in [6.07, 6.45) is -0.302. The molecular weight excluding hydrogens is 288 g/mol. The Morgan fingerprint density at radius 1 is 0.957 bits per heavy atom. The molecule has 1 aromatic heterocycles. The highest BCUT2D eigenvalue weighted by Gasteiger charge is 2.17. The first kappa shape index (κ1) is 15.3. The van der Waals surface area contributed by atoms with E-state index in [0.717, 1.165) is 11.3 Å².